The van der Waals surface area contributed by atoms with Crippen LogP contribution in [0, 0.1) is 6.92 Å². The maximum Gasteiger partial charge on any atom is 0.345 e. The number of benzene rings is 1. The maximum atomic E-state index is 12.5. The predicted molar refractivity (Wildman–Crippen MR) is 94.2 cm³/mol. The van der Waals surface area contributed by atoms with Crippen molar-refractivity contribution in [2.24, 2.45) is 7.05 Å². The zero-order valence-electron chi connectivity index (χ0n) is 14.6. The number of nitrogens with zero attached hydrogens (tertiary/aromatic N) is 4. The number of hydrogen-bond donors (Lipinski definition) is 0. The van der Waals surface area contributed by atoms with Crippen LogP contribution in [0.1, 0.15) is 54.6 Å². The second-order valence-electron chi connectivity index (χ2n) is 7.41. The Hall–Kier alpha value is -1.88. The van der Waals surface area contributed by atoms with E-state index in [1.165, 1.54) is 28.7 Å². The summed E-state index contributed by atoms with van der Waals surface area (Å²) in [5.41, 5.74) is 2.76. The first-order valence-electron chi connectivity index (χ1n) is 9.05. The van der Waals surface area contributed by atoms with Gasteiger partial charge in [0.2, 0.25) is 0 Å². The van der Waals surface area contributed by atoms with Gasteiger partial charge in [-0.25, -0.2) is 9.48 Å². The molecule has 0 spiro atoms. The molecule has 2 aliphatic rings. The molecule has 0 atom stereocenters. The van der Waals surface area contributed by atoms with Gasteiger partial charge in [0.25, 0.3) is 0 Å². The lowest BCUT2D eigenvalue weighted by atomic mass is 10.0. The van der Waals surface area contributed by atoms with Crippen LogP contribution in [0.2, 0.25) is 0 Å². The molecule has 0 radical (unpaired) electrons. The molecule has 24 heavy (non-hydrogen) atoms. The molecule has 0 bridgehead atoms. The second-order valence-corrected chi connectivity index (χ2v) is 7.41. The summed E-state index contributed by atoms with van der Waals surface area (Å²) in [6.45, 7) is 5.24. The number of piperidine rings is 1. The highest BCUT2D eigenvalue weighted by Gasteiger charge is 2.33. The van der Waals surface area contributed by atoms with Gasteiger partial charge in [0.05, 0.1) is 0 Å². The Labute approximate surface area is 142 Å². The highest BCUT2D eigenvalue weighted by atomic mass is 16.2. The molecule has 1 saturated carbocycles. The Morgan fingerprint density at radius 1 is 1.17 bits per heavy atom. The van der Waals surface area contributed by atoms with Crippen LogP contribution in [0.4, 0.5) is 0 Å². The third kappa shape index (κ3) is 3.05. The number of likely N-dealkylation sites (tertiary alicyclic amines) is 1. The van der Waals surface area contributed by atoms with E-state index in [0.29, 0.717) is 12.0 Å². The van der Waals surface area contributed by atoms with Gasteiger partial charge in [-0.3, -0.25) is 9.47 Å². The van der Waals surface area contributed by atoms with E-state index in [1.807, 2.05) is 4.57 Å². The highest BCUT2D eigenvalue weighted by Crippen LogP contribution is 2.40. The molecule has 2 fully saturated rings. The van der Waals surface area contributed by atoms with E-state index in [-0.39, 0.29) is 5.69 Å². The van der Waals surface area contributed by atoms with Crippen LogP contribution in [0.3, 0.4) is 0 Å². The molecule has 5 nitrogen and oxygen atoms in total. The first-order valence-corrected chi connectivity index (χ1v) is 9.05. The Morgan fingerprint density at radius 2 is 1.92 bits per heavy atom. The average Bonchev–Trinajstić information content (AvgIpc) is 3.36. The van der Waals surface area contributed by atoms with E-state index in [1.54, 1.807) is 7.05 Å². The third-order valence-corrected chi connectivity index (χ3v) is 5.34. The molecule has 5 heteroatoms. The molecule has 2 heterocycles. The van der Waals surface area contributed by atoms with Crippen molar-refractivity contribution in [3.8, 4) is 0 Å². The summed E-state index contributed by atoms with van der Waals surface area (Å²) in [5, 5.41) is 4.50. The van der Waals surface area contributed by atoms with Crippen LogP contribution >= 0.6 is 0 Å². The maximum absolute atomic E-state index is 12.5. The summed E-state index contributed by atoms with van der Waals surface area (Å²) >= 11 is 0. The van der Waals surface area contributed by atoms with Gasteiger partial charge in [0, 0.05) is 38.6 Å². The van der Waals surface area contributed by atoms with Crippen molar-refractivity contribution in [2.75, 3.05) is 13.1 Å². The molecular formula is C19H26N4O. The first-order chi connectivity index (χ1) is 11.6. The fourth-order valence-electron chi connectivity index (χ4n) is 3.87. The van der Waals surface area contributed by atoms with Crippen LogP contribution in [0.15, 0.2) is 29.1 Å². The predicted octanol–water partition coefficient (Wildman–Crippen LogP) is 2.60. The van der Waals surface area contributed by atoms with Gasteiger partial charge < -0.3 is 0 Å². The SMILES string of the molecule is Cc1cccc(CN2CCC(n3c(C4CC4)nn(C)c3=O)CC2)c1. The van der Waals surface area contributed by atoms with Gasteiger partial charge in [-0.05, 0) is 38.2 Å². The molecule has 1 aromatic carbocycles. The normalized spacial score (nSPS) is 19.8. The van der Waals surface area contributed by atoms with Gasteiger partial charge in [-0.15, -0.1) is 0 Å². The molecular weight excluding hydrogens is 300 g/mol. The number of aryl methyl sites for hydroxylation is 2. The molecule has 4 rings (SSSR count). The van der Waals surface area contributed by atoms with Gasteiger partial charge in [0.15, 0.2) is 0 Å². The van der Waals surface area contributed by atoms with Crippen LogP contribution in [-0.2, 0) is 13.6 Å². The van der Waals surface area contributed by atoms with Gasteiger partial charge in [-0.2, -0.15) is 5.10 Å². The van der Waals surface area contributed by atoms with Crippen LogP contribution < -0.4 is 5.69 Å². The van der Waals surface area contributed by atoms with Crippen molar-refractivity contribution in [3.63, 3.8) is 0 Å². The van der Waals surface area contributed by atoms with Crippen molar-refractivity contribution in [2.45, 2.75) is 51.1 Å². The minimum atomic E-state index is 0.0639. The van der Waals surface area contributed by atoms with E-state index < -0.39 is 0 Å². The summed E-state index contributed by atoms with van der Waals surface area (Å²) in [6, 6.07) is 9.06. The van der Waals surface area contributed by atoms with E-state index >= 15 is 0 Å². The van der Waals surface area contributed by atoms with Crippen LogP contribution in [-0.4, -0.2) is 32.3 Å². The molecule has 0 amide bonds. The van der Waals surface area contributed by atoms with E-state index in [9.17, 15) is 4.79 Å². The van der Waals surface area contributed by atoms with Crippen molar-refractivity contribution in [3.05, 3.63) is 51.7 Å². The van der Waals surface area contributed by atoms with Gasteiger partial charge in [-0.1, -0.05) is 29.8 Å². The minimum absolute atomic E-state index is 0.0639. The lowest BCUT2D eigenvalue weighted by molar-refractivity contribution is 0.176. The van der Waals surface area contributed by atoms with E-state index in [2.05, 4.69) is 41.2 Å². The lowest BCUT2D eigenvalue weighted by Crippen LogP contribution is -2.37. The smallest absolute Gasteiger partial charge is 0.299 e. The minimum Gasteiger partial charge on any atom is -0.299 e. The molecule has 0 unspecified atom stereocenters. The number of rotatable bonds is 4. The summed E-state index contributed by atoms with van der Waals surface area (Å²) in [4.78, 5) is 15.0. The molecule has 1 aliphatic heterocycles. The first kappa shape index (κ1) is 15.6. The molecule has 1 aromatic heterocycles. The average molecular weight is 326 g/mol. The largest absolute Gasteiger partial charge is 0.345 e. The zero-order valence-corrected chi connectivity index (χ0v) is 14.6. The topological polar surface area (TPSA) is 43.1 Å². The van der Waals surface area contributed by atoms with Crippen molar-refractivity contribution in [1.82, 2.24) is 19.2 Å². The summed E-state index contributed by atoms with van der Waals surface area (Å²) < 4.78 is 3.52. The van der Waals surface area contributed by atoms with Crippen molar-refractivity contribution < 1.29 is 0 Å². The Balaban J connectivity index is 1.44. The second kappa shape index (κ2) is 6.20. The summed E-state index contributed by atoms with van der Waals surface area (Å²) in [7, 11) is 1.78. The Bertz CT molecular complexity index is 779. The summed E-state index contributed by atoms with van der Waals surface area (Å²) in [5.74, 6) is 1.55. The Morgan fingerprint density at radius 3 is 2.58 bits per heavy atom. The standard InChI is InChI=1S/C19H26N4O/c1-14-4-3-5-15(12-14)13-22-10-8-17(9-11-22)23-18(16-6-7-16)20-21(2)19(23)24/h3-5,12,16-17H,6-11,13H2,1-2H3. The van der Waals surface area contributed by atoms with Crippen molar-refractivity contribution >= 4 is 0 Å². The van der Waals surface area contributed by atoms with E-state index in [0.717, 1.165) is 38.3 Å². The quantitative estimate of drug-likeness (QED) is 0.867. The summed E-state index contributed by atoms with van der Waals surface area (Å²) in [6.07, 6.45) is 4.44. The van der Waals surface area contributed by atoms with Crippen LogP contribution in [0.25, 0.3) is 0 Å². The van der Waals surface area contributed by atoms with Crippen molar-refractivity contribution in [1.29, 1.82) is 0 Å². The molecule has 2 aromatic rings. The fraction of sp³-hybridized carbons (Fsp3) is 0.579. The lowest BCUT2D eigenvalue weighted by Gasteiger charge is -2.32. The number of aromatic nitrogens is 3. The van der Waals surface area contributed by atoms with E-state index in [4.69, 9.17) is 0 Å². The monoisotopic (exact) mass is 326 g/mol. The molecule has 1 saturated heterocycles. The molecule has 1 aliphatic carbocycles. The van der Waals surface area contributed by atoms with Gasteiger partial charge >= 0.3 is 5.69 Å². The zero-order chi connectivity index (χ0) is 16.7. The third-order valence-electron chi connectivity index (χ3n) is 5.34. The molecule has 0 N–H and O–H groups in total. The van der Waals surface area contributed by atoms with Gasteiger partial charge in [0.1, 0.15) is 5.82 Å². The Kier molecular flexibility index (Phi) is 4.04. The highest BCUT2D eigenvalue weighted by molar-refractivity contribution is 5.22. The molecule has 128 valence electrons. The fourth-order valence-corrected chi connectivity index (χ4v) is 3.87. The number of hydrogen-bond acceptors (Lipinski definition) is 3. The van der Waals surface area contributed by atoms with Crippen LogP contribution in [0.5, 0.6) is 0 Å².